The molecule has 0 atom stereocenters. The van der Waals surface area contributed by atoms with E-state index in [2.05, 4.69) is 0 Å². The molecule has 0 aliphatic heterocycles. The Morgan fingerprint density at radius 3 is 1.06 bits per heavy atom. The van der Waals surface area contributed by atoms with E-state index in [0.717, 1.165) is 12.8 Å². The summed E-state index contributed by atoms with van der Waals surface area (Å²) in [5.74, 6) is -0.691. The maximum Gasteiger partial charge on any atom is 0.0945 e. The minimum atomic E-state index is -4.11. The molecule has 0 unspecified atom stereocenters. The van der Waals surface area contributed by atoms with E-state index < -0.39 is 20.2 Å². The molecule has 8 heteroatoms. The first kappa shape index (κ1) is 15.8. The summed E-state index contributed by atoms with van der Waals surface area (Å²) in [6, 6.07) is 0. The Kier molecular flexibility index (Phi) is 7.12. The Labute approximate surface area is 96.6 Å². The smallest absolute Gasteiger partial charge is 0.0945 e. The van der Waals surface area contributed by atoms with Crippen molar-refractivity contribution in [3.63, 3.8) is 0 Å². The van der Waals surface area contributed by atoms with Gasteiger partial charge < -0.3 is 9.11 Å². The molecule has 0 aliphatic rings. The van der Waals surface area contributed by atoms with Gasteiger partial charge in [-0.3, -0.25) is 0 Å². The van der Waals surface area contributed by atoms with Crippen LogP contribution in [0.1, 0.15) is 38.5 Å². The van der Waals surface area contributed by atoms with Gasteiger partial charge in [0, 0.05) is 11.5 Å². The van der Waals surface area contributed by atoms with Crippen molar-refractivity contribution in [1.82, 2.24) is 0 Å². The van der Waals surface area contributed by atoms with Crippen LogP contribution in [0.15, 0.2) is 0 Å². The third-order valence-corrected chi connectivity index (χ3v) is 3.62. The predicted molar refractivity (Wildman–Crippen MR) is 56.8 cm³/mol. The number of hydrogen-bond donors (Lipinski definition) is 0. The van der Waals surface area contributed by atoms with Gasteiger partial charge >= 0.3 is 0 Å². The first-order chi connectivity index (χ1) is 7.21. The Morgan fingerprint density at radius 1 is 0.562 bits per heavy atom. The van der Waals surface area contributed by atoms with Crippen molar-refractivity contribution in [2.75, 3.05) is 11.5 Å². The first-order valence-corrected chi connectivity index (χ1v) is 8.23. The molecule has 6 nitrogen and oxygen atoms in total. The number of rotatable bonds is 9. The first-order valence-electron chi connectivity index (χ1n) is 5.08. The topological polar surface area (TPSA) is 114 Å². The van der Waals surface area contributed by atoms with Crippen LogP contribution in [-0.2, 0) is 20.2 Å². The second-order valence-corrected chi connectivity index (χ2v) is 6.69. The average molecular weight is 272 g/mol. The fourth-order valence-corrected chi connectivity index (χ4v) is 2.38. The molecule has 0 fully saturated rings. The summed E-state index contributed by atoms with van der Waals surface area (Å²) in [5, 5.41) is 0. The van der Waals surface area contributed by atoms with Gasteiger partial charge in [-0.15, -0.1) is 0 Å². The van der Waals surface area contributed by atoms with Crippen LogP contribution in [0.5, 0.6) is 0 Å². The highest BCUT2D eigenvalue weighted by Gasteiger charge is 1.97. The van der Waals surface area contributed by atoms with E-state index >= 15 is 0 Å². The average Bonchev–Trinajstić information content (AvgIpc) is 2.06. The highest BCUT2D eigenvalue weighted by atomic mass is 32.2. The standard InChI is InChI=1S/C8H18O6S2/c9-15(10,11)7-5-3-1-2-4-6-8-16(12,13)14/h1-8H2,(H,9,10,11)(H,12,13,14)/p-2. The summed E-state index contributed by atoms with van der Waals surface area (Å²) in [5.41, 5.74) is 0. The Bertz CT molecular complexity index is 331. The summed E-state index contributed by atoms with van der Waals surface area (Å²) in [7, 11) is -8.22. The summed E-state index contributed by atoms with van der Waals surface area (Å²) in [4.78, 5) is 0. The van der Waals surface area contributed by atoms with Crippen molar-refractivity contribution in [2.45, 2.75) is 38.5 Å². The van der Waals surface area contributed by atoms with Gasteiger partial charge in [-0.1, -0.05) is 25.7 Å². The molecule has 16 heavy (non-hydrogen) atoms. The fourth-order valence-electron chi connectivity index (χ4n) is 1.26. The van der Waals surface area contributed by atoms with Crippen LogP contribution in [0.4, 0.5) is 0 Å². The van der Waals surface area contributed by atoms with Crippen molar-refractivity contribution in [3.8, 4) is 0 Å². The molecule has 0 saturated carbocycles. The molecule has 0 radical (unpaired) electrons. The van der Waals surface area contributed by atoms with Crippen molar-refractivity contribution in [1.29, 1.82) is 0 Å². The molecule has 0 N–H and O–H groups in total. The predicted octanol–water partition coefficient (Wildman–Crippen LogP) is 0.417. The molecule has 0 rings (SSSR count). The number of hydrogen-bond acceptors (Lipinski definition) is 6. The molecule has 0 aromatic rings. The van der Waals surface area contributed by atoms with Crippen LogP contribution in [0, 0.1) is 0 Å². The zero-order valence-corrected chi connectivity index (χ0v) is 10.6. The molecule has 0 saturated heterocycles. The quantitative estimate of drug-likeness (QED) is 0.443. The van der Waals surface area contributed by atoms with Crippen LogP contribution in [-0.4, -0.2) is 37.4 Å². The van der Waals surface area contributed by atoms with E-state index in [-0.39, 0.29) is 11.5 Å². The largest absolute Gasteiger partial charge is 0.748 e. The van der Waals surface area contributed by atoms with E-state index in [4.69, 9.17) is 0 Å². The summed E-state index contributed by atoms with van der Waals surface area (Å²) in [6.45, 7) is 0. The summed E-state index contributed by atoms with van der Waals surface area (Å²) < 4.78 is 61.3. The van der Waals surface area contributed by atoms with Crippen LogP contribution in [0.3, 0.4) is 0 Å². The lowest BCUT2D eigenvalue weighted by Crippen LogP contribution is -2.04. The Hall–Kier alpha value is -0.180. The molecule has 0 aromatic carbocycles. The lowest BCUT2D eigenvalue weighted by Gasteiger charge is -2.07. The maximum absolute atomic E-state index is 10.2. The third kappa shape index (κ3) is 13.8. The van der Waals surface area contributed by atoms with Crippen molar-refractivity contribution < 1.29 is 25.9 Å². The highest BCUT2D eigenvalue weighted by Crippen LogP contribution is 2.07. The minimum absolute atomic E-state index is 0.339. The normalized spacial score (nSPS) is 12.9. The zero-order chi connectivity index (χ0) is 12.7. The van der Waals surface area contributed by atoms with E-state index in [0.29, 0.717) is 25.7 Å². The summed E-state index contributed by atoms with van der Waals surface area (Å²) >= 11 is 0. The van der Waals surface area contributed by atoms with Gasteiger partial charge in [0.25, 0.3) is 0 Å². The molecule has 0 spiro atoms. The maximum atomic E-state index is 10.2. The van der Waals surface area contributed by atoms with Gasteiger partial charge in [0.1, 0.15) is 0 Å². The SMILES string of the molecule is O=S(=O)([O-])CCCCCCCCS(=O)(=O)[O-]. The second-order valence-electron chi connectivity index (χ2n) is 3.64. The van der Waals surface area contributed by atoms with E-state index in [1.54, 1.807) is 0 Å². The molecular weight excluding hydrogens is 256 g/mol. The van der Waals surface area contributed by atoms with Crippen molar-refractivity contribution in [3.05, 3.63) is 0 Å². The van der Waals surface area contributed by atoms with E-state index in [1.165, 1.54) is 0 Å². The third-order valence-electron chi connectivity index (χ3n) is 2.04. The molecule has 0 amide bonds. The molecule has 0 heterocycles. The second kappa shape index (κ2) is 7.21. The van der Waals surface area contributed by atoms with E-state index in [9.17, 15) is 25.9 Å². The van der Waals surface area contributed by atoms with Gasteiger partial charge in [0.15, 0.2) is 0 Å². The van der Waals surface area contributed by atoms with E-state index in [1.807, 2.05) is 0 Å². The minimum Gasteiger partial charge on any atom is -0.748 e. The van der Waals surface area contributed by atoms with Crippen LogP contribution >= 0.6 is 0 Å². The Balaban J connectivity index is 3.29. The fraction of sp³-hybridized carbons (Fsp3) is 1.00. The van der Waals surface area contributed by atoms with Crippen LogP contribution in [0.2, 0.25) is 0 Å². The lowest BCUT2D eigenvalue weighted by molar-refractivity contribution is 0.455. The highest BCUT2D eigenvalue weighted by molar-refractivity contribution is 7.85. The van der Waals surface area contributed by atoms with Gasteiger partial charge in [-0.2, -0.15) is 0 Å². The zero-order valence-electron chi connectivity index (χ0n) is 8.92. The van der Waals surface area contributed by atoms with Gasteiger partial charge in [0.05, 0.1) is 20.2 Å². The van der Waals surface area contributed by atoms with Gasteiger partial charge in [-0.05, 0) is 12.8 Å². The van der Waals surface area contributed by atoms with Crippen molar-refractivity contribution in [2.24, 2.45) is 0 Å². The molecule has 0 aromatic heterocycles. The lowest BCUT2D eigenvalue weighted by atomic mass is 10.1. The van der Waals surface area contributed by atoms with Gasteiger partial charge in [0.2, 0.25) is 0 Å². The number of unbranched alkanes of at least 4 members (excludes halogenated alkanes) is 5. The summed E-state index contributed by atoms with van der Waals surface area (Å²) in [6.07, 6.45) is 3.43. The Morgan fingerprint density at radius 2 is 0.812 bits per heavy atom. The molecule has 0 bridgehead atoms. The van der Waals surface area contributed by atoms with Gasteiger partial charge in [-0.25, -0.2) is 16.8 Å². The monoisotopic (exact) mass is 272 g/mol. The van der Waals surface area contributed by atoms with Crippen LogP contribution in [0.25, 0.3) is 0 Å². The molecule has 0 aliphatic carbocycles. The molecule has 98 valence electrons. The molecular formula is C8H16O6S2-2. The van der Waals surface area contributed by atoms with Crippen LogP contribution < -0.4 is 0 Å². The van der Waals surface area contributed by atoms with Crippen molar-refractivity contribution >= 4 is 20.2 Å².